The van der Waals surface area contributed by atoms with Crippen LogP contribution in [0, 0.1) is 13.8 Å². The molecule has 0 unspecified atom stereocenters. The van der Waals surface area contributed by atoms with Gasteiger partial charge >= 0.3 is 5.97 Å². The molecule has 0 aliphatic carbocycles. The highest BCUT2D eigenvalue weighted by Gasteiger charge is 2.24. The monoisotopic (exact) mass is 400 g/mol. The normalized spacial score (nSPS) is 10.8. The largest absolute Gasteiger partial charge is 0.462 e. The summed E-state index contributed by atoms with van der Waals surface area (Å²) in [5, 5.41) is 9.71. The first-order valence-corrected chi connectivity index (χ1v) is 9.67. The maximum atomic E-state index is 12.3. The van der Waals surface area contributed by atoms with Gasteiger partial charge in [0, 0.05) is 11.4 Å². The van der Waals surface area contributed by atoms with Crippen LogP contribution in [0.2, 0.25) is 0 Å². The average molecular weight is 400 g/mol. The van der Waals surface area contributed by atoms with E-state index >= 15 is 0 Å². The number of hydrogen-bond donors (Lipinski definition) is 2. The summed E-state index contributed by atoms with van der Waals surface area (Å²) in [5.74, 6) is -0.600. The van der Waals surface area contributed by atoms with Gasteiger partial charge in [0.25, 0.3) is 5.56 Å². The molecule has 3 aromatic rings. The molecular formula is C19H20N4O4S. The van der Waals surface area contributed by atoms with Crippen molar-refractivity contribution in [1.29, 1.82) is 0 Å². The number of H-pyrrole nitrogens is 1. The number of benzene rings is 1. The zero-order chi connectivity index (χ0) is 20.3. The maximum Gasteiger partial charge on any atom is 0.340 e. The van der Waals surface area contributed by atoms with Crippen molar-refractivity contribution in [2.24, 2.45) is 0 Å². The molecular weight excluding hydrogens is 380 g/mol. The second kappa shape index (κ2) is 8.30. The molecule has 0 aliphatic heterocycles. The topological polar surface area (TPSA) is 106 Å². The van der Waals surface area contributed by atoms with Gasteiger partial charge in [-0.1, -0.05) is 30.0 Å². The summed E-state index contributed by atoms with van der Waals surface area (Å²) in [5.41, 5.74) is 2.03. The first kappa shape index (κ1) is 19.7. The Bertz CT molecular complexity index is 1090. The quantitative estimate of drug-likeness (QED) is 0.487. The Morgan fingerprint density at radius 2 is 1.96 bits per heavy atom. The van der Waals surface area contributed by atoms with Crippen LogP contribution in [0.5, 0.6) is 0 Å². The van der Waals surface area contributed by atoms with Crippen molar-refractivity contribution in [3.8, 4) is 0 Å². The van der Waals surface area contributed by atoms with Crippen molar-refractivity contribution in [2.45, 2.75) is 25.9 Å². The molecule has 9 heteroatoms. The second-order valence-corrected chi connectivity index (χ2v) is 6.97. The molecule has 2 N–H and O–H groups in total. The number of nitrogens with one attached hydrogen (secondary N) is 2. The molecule has 0 atom stereocenters. The van der Waals surface area contributed by atoms with Gasteiger partial charge in [-0.25, -0.2) is 9.89 Å². The third-order valence-corrected chi connectivity index (χ3v) is 5.12. The molecule has 1 amide bonds. The molecule has 0 radical (unpaired) electrons. The van der Waals surface area contributed by atoms with E-state index in [0.717, 1.165) is 11.8 Å². The average Bonchev–Trinajstić information content (AvgIpc) is 2.94. The van der Waals surface area contributed by atoms with Crippen LogP contribution in [0.15, 0.2) is 40.3 Å². The predicted octanol–water partition coefficient (Wildman–Crippen LogP) is 2.55. The summed E-state index contributed by atoms with van der Waals surface area (Å²) in [6, 6.07) is 9.12. The number of aromatic nitrogens is 3. The first-order valence-electron chi connectivity index (χ1n) is 8.69. The molecule has 0 bridgehead atoms. The Morgan fingerprint density at radius 1 is 1.25 bits per heavy atom. The number of esters is 1. The van der Waals surface area contributed by atoms with E-state index in [1.807, 2.05) is 18.2 Å². The molecule has 0 saturated carbocycles. The van der Waals surface area contributed by atoms with E-state index in [9.17, 15) is 14.4 Å². The van der Waals surface area contributed by atoms with Crippen molar-refractivity contribution in [3.63, 3.8) is 0 Å². The fraction of sp³-hybridized carbons (Fsp3) is 0.263. The zero-order valence-corrected chi connectivity index (χ0v) is 16.6. The number of nitrogens with zero attached hydrogens (tertiary/aromatic N) is 2. The lowest BCUT2D eigenvalue weighted by molar-refractivity contribution is -0.113. The van der Waals surface area contributed by atoms with Gasteiger partial charge in [0.15, 0.2) is 5.16 Å². The van der Waals surface area contributed by atoms with Crippen LogP contribution in [0.4, 0.5) is 5.69 Å². The molecule has 8 nitrogen and oxygen atoms in total. The number of para-hydroxylation sites is 1. The maximum absolute atomic E-state index is 12.3. The summed E-state index contributed by atoms with van der Waals surface area (Å²) < 4.78 is 6.71. The predicted molar refractivity (Wildman–Crippen MR) is 107 cm³/mol. The number of carbonyl (C=O) groups is 2. The van der Waals surface area contributed by atoms with Gasteiger partial charge in [0.1, 0.15) is 5.52 Å². The van der Waals surface area contributed by atoms with Crippen molar-refractivity contribution < 1.29 is 14.3 Å². The second-order valence-electron chi connectivity index (χ2n) is 6.03. The number of hydrogen-bond acceptors (Lipinski definition) is 6. The van der Waals surface area contributed by atoms with E-state index in [0.29, 0.717) is 33.2 Å². The molecule has 28 heavy (non-hydrogen) atoms. The molecule has 1 aromatic carbocycles. The smallest absolute Gasteiger partial charge is 0.340 e. The van der Waals surface area contributed by atoms with Crippen LogP contribution < -0.4 is 10.9 Å². The SMILES string of the molecule is CCOC(=O)c1c(C)c2c(=O)[nH]nc(SCC(=O)Nc3ccccc3)n2c1C. The van der Waals surface area contributed by atoms with Crippen LogP contribution in [0.3, 0.4) is 0 Å². The van der Waals surface area contributed by atoms with Crippen LogP contribution in [0.1, 0.15) is 28.5 Å². The third-order valence-electron chi connectivity index (χ3n) is 4.18. The molecule has 146 valence electrons. The lowest BCUT2D eigenvalue weighted by Crippen LogP contribution is -2.17. The van der Waals surface area contributed by atoms with Gasteiger partial charge in [-0.05, 0) is 38.5 Å². The number of amides is 1. The van der Waals surface area contributed by atoms with Crippen molar-refractivity contribution in [1.82, 2.24) is 14.6 Å². The van der Waals surface area contributed by atoms with Gasteiger partial charge in [-0.15, -0.1) is 5.10 Å². The molecule has 2 heterocycles. The number of ether oxygens (including phenoxy) is 1. The number of aryl methyl sites for hydroxylation is 2. The van der Waals surface area contributed by atoms with E-state index in [1.54, 1.807) is 37.3 Å². The Balaban J connectivity index is 1.90. The number of fused-ring (bicyclic) bond motifs is 1. The fourth-order valence-corrected chi connectivity index (χ4v) is 3.80. The van der Waals surface area contributed by atoms with Gasteiger partial charge < -0.3 is 10.1 Å². The standard InChI is InChI=1S/C19H20N4O4S/c1-4-27-18(26)15-11(2)16-17(25)21-22-19(23(16)12(15)3)28-10-14(24)20-13-8-6-5-7-9-13/h5-9H,4,10H2,1-3H3,(H,20,24)(H,21,25). The zero-order valence-electron chi connectivity index (χ0n) is 15.7. The Kier molecular flexibility index (Phi) is 5.84. The summed E-state index contributed by atoms with van der Waals surface area (Å²) in [4.78, 5) is 36.8. The Morgan fingerprint density at radius 3 is 2.64 bits per heavy atom. The van der Waals surface area contributed by atoms with Crippen LogP contribution >= 0.6 is 11.8 Å². The van der Waals surface area contributed by atoms with E-state index in [-0.39, 0.29) is 18.3 Å². The van der Waals surface area contributed by atoms with E-state index in [1.165, 1.54) is 0 Å². The number of carbonyl (C=O) groups excluding carboxylic acids is 2. The molecule has 3 rings (SSSR count). The van der Waals surface area contributed by atoms with Crippen molar-refractivity contribution in [2.75, 3.05) is 17.7 Å². The minimum Gasteiger partial charge on any atom is -0.462 e. The van der Waals surface area contributed by atoms with E-state index in [2.05, 4.69) is 15.5 Å². The van der Waals surface area contributed by atoms with Crippen LogP contribution in [-0.4, -0.2) is 38.8 Å². The van der Waals surface area contributed by atoms with Gasteiger partial charge in [-0.3, -0.25) is 14.0 Å². The molecule has 2 aromatic heterocycles. The fourth-order valence-electron chi connectivity index (χ4n) is 3.00. The number of aromatic amines is 1. The van der Waals surface area contributed by atoms with Crippen molar-refractivity contribution in [3.05, 3.63) is 57.5 Å². The summed E-state index contributed by atoms with van der Waals surface area (Å²) in [7, 11) is 0. The van der Waals surface area contributed by atoms with E-state index < -0.39 is 11.5 Å². The minimum atomic E-state index is -0.488. The van der Waals surface area contributed by atoms with Crippen molar-refractivity contribution >= 4 is 34.8 Å². The van der Waals surface area contributed by atoms with Gasteiger partial charge in [0.2, 0.25) is 5.91 Å². The Hall–Kier alpha value is -3.07. The molecule has 0 aliphatic rings. The lowest BCUT2D eigenvalue weighted by Gasteiger charge is -2.07. The third kappa shape index (κ3) is 3.79. The molecule has 0 fully saturated rings. The highest BCUT2D eigenvalue weighted by molar-refractivity contribution is 7.99. The van der Waals surface area contributed by atoms with E-state index in [4.69, 9.17) is 4.74 Å². The summed E-state index contributed by atoms with van der Waals surface area (Å²) in [6.45, 7) is 5.38. The lowest BCUT2D eigenvalue weighted by atomic mass is 10.1. The first-order chi connectivity index (χ1) is 13.4. The number of anilines is 1. The minimum absolute atomic E-state index is 0.0917. The molecule has 0 saturated heterocycles. The highest BCUT2D eigenvalue weighted by Crippen LogP contribution is 2.25. The number of thioether (sulfide) groups is 1. The van der Waals surface area contributed by atoms with Gasteiger partial charge in [0.05, 0.1) is 17.9 Å². The summed E-state index contributed by atoms with van der Waals surface area (Å²) in [6.07, 6.45) is 0. The summed E-state index contributed by atoms with van der Waals surface area (Å²) >= 11 is 1.16. The highest BCUT2D eigenvalue weighted by atomic mass is 32.2. The van der Waals surface area contributed by atoms with Crippen LogP contribution in [0.25, 0.3) is 5.52 Å². The van der Waals surface area contributed by atoms with Gasteiger partial charge in [-0.2, -0.15) is 0 Å². The molecule has 0 spiro atoms. The Labute approximate surface area is 165 Å². The van der Waals surface area contributed by atoms with Crippen LogP contribution in [-0.2, 0) is 9.53 Å². The number of rotatable bonds is 6.